The van der Waals surface area contributed by atoms with Crippen molar-refractivity contribution in [3.63, 3.8) is 0 Å². The molecule has 0 aliphatic heterocycles. The van der Waals surface area contributed by atoms with Gasteiger partial charge in [-0.3, -0.25) is 0 Å². The van der Waals surface area contributed by atoms with E-state index in [2.05, 4.69) is 34.7 Å². The second-order valence-electron chi connectivity index (χ2n) is 3.94. The Morgan fingerprint density at radius 1 is 1.11 bits per heavy atom. The first-order valence-corrected chi connectivity index (χ1v) is 6.38. The predicted molar refractivity (Wildman–Crippen MR) is 77.3 cm³/mol. The summed E-state index contributed by atoms with van der Waals surface area (Å²) in [5.74, 6) is 0. The number of benzene rings is 2. The molecule has 0 spiro atoms. The van der Waals surface area contributed by atoms with E-state index in [1.807, 2.05) is 30.5 Å². The quantitative estimate of drug-likeness (QED) is 0.496. The Bertz CT molecular complexity index is 793. The molecule has 3 aromatic rings. The fourth-order valence-corrected chi connectivity index (χ4v) is 2.71. The van der Waals surface area contributed by atoms with Crippen molar-refractivity contribution in [3.05, 3.63) is 49.0 Å². The smallest absolute Gasteiger partial charge is 0.138 e. The van der Waals surface area contributed by atoms with Crippen LogP contribution in [0.5, 0.6) is 0 Å². The summed E-state index contributed by atoms with van der Waals surface area (Å²) in [7, 11) is 0. The number of para-hydroxylation sites is 1. The Morgan fingerprint density at radius 3 is 2.67 bits per heavy atom. The highest BCUT2D eigenvalue weighted by atomic mass is 32.2. The standard InChI is InChI=1S/C15H10N2S/c1-2-17-14-6-4-3-5-12(14)13-9-11(18-10-16)7-8-15(13)17/h2-9H,1H2. The zero-order valence-corrected chi connectivity index (χ0v) is 10.4. The van der Waals surface area contributed by atoms with Crippen LogP contribution in [-0.4, -0.2) is 4.57 Å². The van der Waals surface area contributed by atoms with E-state index in [0.717, 1.165) is 21.3 Å². The fourth-order valence-electron chi connectivity index (χ4n) is 2.30. The number of thiocyanates is 1. The zero-order valence-electron chi connectivity index (χ0n) is 9.63. The molecule has 2 aromatic carbocycles. The SMILES string of the molecule is C=Cn1c2ccccc2c2cc(SC#N)ccc21. The monoisotopic (exact) mass is 250 g/mol. The zero-order chi connectivity index (χ0) is 12.5. The minimum atomic E-state index is 0.969. The van der Waals surface area contributed by atoms with Gasteiger partial charge in [-0.1, -0.05) is 24.8 Å². The van der Waals surface area contributed by atoms with Crippen molar-refractivity contribution >= 4 is 39.8 Å². The van der Waals surface area contributed by atoms with E-state index in [9.17, 15) is 0 Å². The second-order valence-corrected chi connectivity index (χ2v) is 4.80. The summed E-state index contributed by atoms with van der Waals surface area (Å²) in [6.45, 7) is 3.87. The van der Waals surface area contributed by atoms with Gasteiger partial charge in [0.25, 0.3) is 0 Å². The van der Waals surface area contributed by atoms with Crippen LogP contribution in [0.4, 0.5) is 0 Å². The van der Waals surface area contributed by atoms with Gasteiger partial charge in [0, 0.05) is 21.9 Å². The van der Waals surface area contributed by atoms with E-state index >= 15 is 0 Å². The maximum Gasteiger partial charge on any atom is 0.138 e. The molecular formula is C15H10N2S. The van der Waals surface area contributed by atoms with Gasteiger partial charge in [-0.05, 0) is 36.0 Å². The van der Waals surface area contributed by atoms with Crippen LogP contribution in [0.25, 0.3) is 28.0 Å². The molecule has 86 valence electrons. The number of hydrogen-bond donors (Lipinski definition) is 0. The summed E-state index contributed by atoms with van der Waals surface area (Å²) < 4.78 is 2.07. The number of fused-ring (bicyclic) bond motifs is 3. The van der Waals surface area contributed by atoms with Gasteiger partial charge < -0.3 is 4.57 Å². The number of aromatic nitrogens is 1. The summed E-state index contributed by atoms with van der Waals surface area (Å²) in [4.78, 5) is 0.969. The molecule has 0 bridgehead atoms. The number of nitrogens with zero attached hydrogens (tertiary/aromatic N) is 2. The molecule has 2 nitrogen and oxygen atoms in total. The van der Waals surface area contributed by atoms with E-state index in [-0.39, 0.29) is 0 Å². The van der Waals surface area contributed by atoms with Crippen LogP contribution in [0.3, 0.4) is 0 Å². The second kappa shape index (κ2) is 4.25. The number of nitriles is 1. The lowest BCUT2D eigenvalue weighted by Gasteiger charge is -1.99. The Morgan fingerprint density at radius 2 is 1.89 bits per heavy atom. The van der Waals surface area contributed by atoms with Crippen LogP contribution in [0.2, 0.25) is 0 Å². The summed E-state index contributed by atoms with van der Waals surface area (Å²) in [5, 5.41) is 13.2. The minimum absolute atomic E-state index is 0.969. The molecule has 1 heterocycles. The summed E-state index contributed by atoms with van der Waals surface area (Å²) in [5.41, 5.74) is 2.26. The third-order valence-corrected chi connectivity index (χ3v) is 3.61. The molecular weight excluding hydrogens is 240 g/mol. The lowest BCUT2D eigenvalue weighted by atomic mass is 10.1. The van der Waals surface area contributed by atoms with Crippen molar-refractivity contribution in [3.8, 4) is 5.40 Å². The molecule has 3 heteroatoms. The van der Waals surface area contributed by atoms with E-state index in [0.29, 0.717) is 0 Å². The van der Waals surface area contributed by atoms with Gasteiger partial charge in [0.15, 0.2) is 0 Å². The average molecular weight is 250 g/mol. The maximum absolute atomic E-state index is 8.75. The van der Waals surface area contributed by atoms with Crippen molar-refractivity contribution in [2.24, 2.45) is 0 Å². The number of rotatable bonds is 2. The van der Waals surface area contributed by atoms with Crippen LogP contribution in [0.15, 0.2) is 53.9 Å². The van der Waals surface area contributed by atoms with Gasteiger partial charge in [0.1, 0.15) is 5.40 Å². The van der Waals surface area contributed by atoms with Crippen molar-refractivity contribution in [2.45, 2.75) is 4.90 Å². The lowest BCUT2D eigenvalue weighted by Crippen LogP contribution is -1.83. The van der Waals surface area contributed by atoms with E-state index in [4.69, 9.17) is 5.26 Å². The summed E-state index contributed by atoms with van der Waals surface area (Å²) in [6, 6.07) is 14.3. The normalized spacial score (nSPS) is 10.6. The topological polar surface area (TPSA) is 28.7 Å². The molecule has 0 saturated carbocycles. The van der Waals surface area contributed by atoms with E-state index in [1.165, 1.54) is 17.1 Å². The first-order valence-electron chi connectivity index (χ1n) is 5.56. The molecule has 0 amide bonds. The van der Waals surface area contributed by atoms with Crippen molar-refractivity contribution in [1.29, 1.82) is 5.26 Å². The molecule has 3 rings (SSSR count). The predicted octanol–water partition coefficient (Wildman–Crippen LogP) is 4.47. The van der Waals surface area contributed by atoms with Crippen LogP contribution in [0, 0.1) is 10.7 Å². The highest BCUT2D eigenvalue weighted by molar-refractivity contribution is 8.03. The van der Waals surface area contributed by atoms with Gasteiger partial charge in [-0.15, -0.1) is 0 Å². The number of hydrogen-bond acceptors (Lipinski definition) is 2. The van der Waals surface area contributed by atoms with Crippen molar-refractivity contribution in [2.75, 3.05) is 0 Å². The van der Waals surface area contributed by atoms with Crippen LogP contribution in [-0.2, 0) is 0 Å². The maximum atomic E-state index is 8.75. The average Bonchev–Trinajstić information content (AvgIpc) is 2.72. The Hall–Kier alpha value is -2.18. The van der Waals surface area contributed by atoms with Gasteiger partial charge >= 0.3 is 0 Å². The molecule has 0 fully saturated rings. The fraction of sp³-hybridized carbons (Fsp3) is 0. The molecule has 0 saturated heterocycles. The molecule has 0 N–H and O–H groups in total. The molecule has 0 unspecified atom stereocenters. The van der Waals surface area contributed by atoms with Crippen molar-refractivity contribution < 1.29 is 0 Å². The van der Waals surface area contributed by atoms with Gasteiger partial charge in [0.2, 0.25) is 0 Å². The third kappa shape index (κ3) is 1.51. The highest BCUT2D eigenvalue weighted by Gasteiger charge is 2.08. The van der Waals surface area contributed by atoms with Crippen molar-refractivity contribution in [1.82, 2.24) is 4.57 Å². The molecule has 0 atom stereocenters. The molecule has 18 heavy (non-hydrogen) atoms. The highest BCUT2D eigenvalue weighted by Crippen LogP contribution is 2.32. The van der Waals surface area contributed by atoms with Gasteiger partial charge in [-0.2, -0.15) is 5.26 Å². The molecule has 0 radical (unpaired) electrons. The van der Waals surface area contributed by atoms with Gasteiger partial charge in [-0.25, -0.2) is 0 Å². The molecule has 0 aliphatic carbocycles. The Kier molecular flexibility index (Phi) is 2.58. The first kappa shape index (κ1) is 10.9. The summed E-state index contributed by atoms with van der Waals surface area (Å²) >= 11 is 1.19. The molecule has 1 aromatic heterocycles. The van der Waals surface area contributed by atoms with Gasteiger partial charge in [0.05, 0.1) is 11.0 Å². The largest absolute Gasteiger partial charge is 0.317 e. The van der Waals surface area contributed by atoms with Crippen LogP contribution in [0.1, 0.15) is 0 Å². The van der Waals surface area contributed by atoms with Crippen LogP contribution >= 0.6 is 11.8 Å². The minimum Gasteiger partial charge on any atom is -0.317 e. The van der Waals surface area contributed by atoms with E-state index in [1.54, 1.807) is 0 Å². The van der Waals surface area contributed by atoms with Crippen LogP contribution < -0.4 is 0 Å². The summed E-state index contributed by atoms with van der Waals surface area (Å²) in [6.07, 6.45) is 1.82. The molecule has 0 aliphatic rings. The number of thioether (sulfide) groups is 1. The first-order chi connectivity index (χ1) is 8.85. The lowest BCUT2D eigenvalue weighted by molar-refractivity contribution is 1.29. The Labute approximate surface area is 109 Å². The Balaban J connectivity index is 2.45. The third-order valence-electron chi connectivity index (χ3n) is 3.03. The van der Waals surface area contributed by atoms with E-state index < -0.39 is 0 Å².